The molecule has 1 saturated heterocycles. The number of carboxylic acids is 1. The summed E-state index contributed by atoms with van der Waals surface area (Å²) in [4.78, 5) is 55.3. The largest absolute Gasteiger partial charge is 0.481 e. The van der Waals surface area contributed by atoms with Crippen molar-refractivity contribution in [2.24, 2.45) is 4.99 Å². The number of amidine groups is 2. The molecule has 2 atom stereocenters. The maximum absolute atomic E-state index is 13.1. The number of aliphatic imine (C=N–C) groups is 1. The van der Waals surface area contributed by atoms with Gasteiger partial charge in [0.05, 0.1) is 6.42 Å². The number of rotatable bonds is 15. The molecule has 1 aromatic rings. The molecule has 0 spiro atoms. The van der Waals surface area contributed by atoms with Gasteiger partial charge in [-0.05, 0) is 52.7 Å². The molecule has 2 amide bonds. The van der Waals surface area contributed by atoms with E-state index < -0.39 is 22.7 Å². The van der Waals surface area contributed by atoms with Crippen LogP contribution in [0.4, 0.5) is 0 Å². The van der Waals surface area contributed by atoms with Gasteiger partial charge in [0.1, 0.15) is 16.7 Å². The lowest BCUT2D eigenvalue weighted by Crippen LogP contribution is -2.43. The number of carboxylic acid groups (broad SMARTS) is 1. The Bertz CT molecular complexity index is 1130. The van der Waals surface area contributed by atoms with E-state index in [0.29, 0.717) is 35.8 Å². The number of amides is 2. The number of carbonyl (C=O) groups excluding carboxylic acids is 3. The highest BCUT2D eigenvalue weighted by Crippen LogP contribution is 2.32. The van der Waals surface area contributed by atoms with Crippen LogP contribution in [-0.4, -0.2) is 81.3 Å². The first-order valence-corrected chi connectivity index (χ1v) is 15.4. The number of nitrogens with one attached hydrogen (secondary N) is 3. The predicted octanol–water partition coefficient (Wildman–Crippen LogP) is 4.20. The summed E-state index contributed by atoms with van der Waals surface area (Å²) in [5.74, 6) is -1.78. The summed E-state index contributed by atoms with van der Waals surface area (Å²) in [6.45, 7) is 10.7. The summed E-state index contributed by atoms with van der Waals surface area (Å²) in [5.41, 5.74) is 0.337. The summed E-state index contributed by atoms with van der Waals surface area (Å²) in [6.07, 6.45) is 4.64. The zero-order valence-corrected chi connectivity index (χ0v) is 26.1. The topological polar surface area (TPSA) is 161 Å². The summed E-state index contributed by atoms with van der Waals surface area (Å²) < 4.78 is 5.31. The van der Waals surface area contributed by atoms with Gasteiger partial charge in [0.25, 0.3) is 5.91 Å². The van der Waals surface area contributed by atoms with Gasteiger partial charge in [-0.15, -0.1) is 0 Å². The van der Waals surface area contributed by atoms with E-state index >= 15 is 0 Å². The average Bonchev–Trinajstić information content (AvgIpc) is 3.22. The number of nitrogens with zero attached hydrogens (tertiary/aromatic N) is 2. The molecule has 0 aromatic heterocycles. The molecule has 1 fully saturated rings. The van der Waals surface area contributed by atoms with Crippen LogP contribution in [0, 0.1) is 5.41 Å². The number of thioether (sulfide) groups is 1. The number of benzene rings is 1. The van der Waals surface area contributed by atoms with Gasteiger partial charge in [-0.25, -0.2) is 0 Å². The maximum Gasteiger partial charge on any atom is 0.308 e. The fourth-order valence-electron chi connectivity index (χ4n) is 4.26. The van der Waals surface area contributed by atoms with Crippen molar-refractivity contribution in [3.8, 4) is 0 Å². The van der Waals surface area contributed by atoms with E-state index in [9.17, 15) is 19.2 Å². The Morgan fingerprint density at radius 2 is 1.67 bits per heavy atom. The Kier molecular flexibility index (Phi) is 14.0. The smallest absolute Gasteiger partial charge is 0.308 e. The van der Waals surface area contributed by atoms with Crippen molar-refractivity contribution in [1.82, 2.24) is 15.5 Å². The number of ether oxygens (including phenoxy) is 1. The van der Waals surface area contributed by atoms with E-state index in [2.05, 4.69) is 22.5 Å². The van der Waals surface area contributed by atoms with Crippen LogP contribution in [-0.2, 0) is 19.1 Å². The average molecular weight is 604 g/mol. The van der Waals surface area contributed by atoms with Gasteiger partial charge in [0, 0.05) is 43.2 Å². The minimum absolute atomic E-state index is 0.0227. The van der Waals surface area contributed by atoms with E-state index in [0.717, 1.165) is 25.7 Å². The van der Waals surface area contributed by atoms with Crippen LogP contribution in [0.25, 0.3) is 0 Å². The Labute approximate surface area is 252 Å². The van der Waals surface area contributed by atoms with Crippen LogP contribution < -0.4 is 10.6 Å². The van der Waals surface area contributed by atoms with E-state index in [1.807, 2.05) is 11.8 Å². The Morgan fingerprint density at radius 3 is 2.29 bits per heavy atom. The lowest BCUT2D eigenvalue weighted by atomic mass is 10.1. The third kappa shape index (κ3) is 11.8. The molecular weight excluding hydrogens is 558 g/mol. The predicted molar refractivity (Wildman–Crippen MR) is 165 cm³/mol. The summed E-state index contributed by atoms with van der Waals surface area (Å²) in [7, 11) is 0. The van der Waals surface area contributed by atoms with Gasteiger partial charge in [-0.2, -0.15) is 4.99 Å². The van der Waals surface area contributed by atoms with Crippen LogP contribution in [0.2, 0.25) is 0 Å². The van der Waals surface area contributed by atoms with Crippen LogP contribution in [0.1, 0.15) is 95.5 Å². The third-order valence-corrected chi connectivity index (χ3v) is 7.85. The lowest BCUT2D eigenvalue weighted by molar-refractivity contribution is -0.154. The first kappa shape index (κ1) is 34.8. The molecule has 2 unspecified atom stereocenters. The van der Waals surface area contributed by atoms with E-state index in [1.54, 1.807) is 45.0 Å². The van der Waals surface area contributed by atoms with E-state index in [1.165, 1.54) is 11.8 Å². The molecule has 4 N–H and O–H groups in total. The van der Waals surface area contributed by atoms with Crippen LogP contribution in [0.5, 0.6) is 0 Å². The molecule has 1 aromatic carbocycles. The summed E-state index contributed by atoms with van der Waals surface area (Å²) >= 11 is 1.25. The first-order chi connectivity index (χ1) is 19.8. The number of hydrogen-bond donors (Lipinski definition) is 4. The Hall–Kier alpha value is -3.41. The van der Waals surface area contributed by atoms with Gasteiger partial charge in [0.15, 0.2) is 5.17 Å². The minimum atomic E-state index is -0.882. The van der Waals surface area contributed by atoms with Crippen molar-refractivity contribution in [2.45, 2.75) is 96.5 Å². The van der Waals surface area contributed by atoms with E-state index in [-0.39, 0.29) is 43.1 Å². The highest BCUT2D eigenvalue weighted by atomic mass is 32.2. The molecule has 42 heavy (non-hydrogen) atoms. The highest BCUT2D eigenvalue weighted by molar-refractivity contribution is 8.15. The Balaban J connectivity index is 2.07. The number of aliphatic carboxylic acids is 1. The fraction of sp³-hybridized carbons (Fsp3) is 0.600. The molecular formula is C30H45N5O6S. The van der Waals surface area contributed by atoms with Crippen molar-refractivity contribution in [3.63, 3.8) is 0 Å². The molecule has 232 valence electrons. The molecule has 11 nitrogen and oxygen atoms in total. The first-order valence-electron chi connectivity index (χ1n) is 14.5. The normalized spacial score (nSPS) is 17.6. The van der Waals surface area contributed by atoms with Gasteiger partial charge in [0.2, 0.25) is 5.91 Å². The second-order valence-electron chi connectivity index (χ2n) is 11.2. The zero-order chi connectivity index (χ0) is 31.3. The molecule has 0 saturated carbocycles. The molecule has 1 aliphatic rings. The maximum atomic E-state index is 13.1. The molecule has 2 rings (SSSR count). The van der Waals surface area contributed by atoms with Crippen LogP contribution in [0.15, 0.2) is 29.3 Å². The second kappa shape index (κ2) is 16.9. The minimum Gasteiger partial charge on any atom is -0.481 e. The monoisotopic (exact) mass is 603 g/mol. The molecule has 0 radical (unpaired) electrons. The van der Waals surface area contributed by atoms with Crippen molar-refractivity contribution >= 4 is 46.5 Å². The highest BCUT2D eigenvalue weighted by Gasteiger charge is 2.40. The molecule has 0 bridgehead atoms. The fourth-order valence-corrected chi connectivity index (χ4v) is 5.55. The van der Waals surface area contributed by atoms with Crippen molar-refractivity contribution in [2.75, 3.05) is 19.6 Å². The van der Waals surface area contributed by atoms with Crippen LogP contribution in [0.3, 0.4) is 0 Å². The van der Waals surface area contributed by atoms with Crippen molar-refractivity contribution < 1.29 is 29.0 Å². The van der Waals surface area contributed by atoms with E-state index in [4.69, 9.17) is 15.3 Å². The van der Waals surface area contributed by atoms with Crippen LogP contribution >= 0.6 is 11.8 Å². The zero-order valence-electron chi connectivity index (χ0n) is 25.3. The van der Waals surface area contributed by atoms with Crippen molar-refractivity contribution in [1.29, 1.82) is 5.41 Å². The number of carbonyl (C=O) groups is 4. The molecule has 12 heteroatoms. The van der Waals surface area contributed by atoms with Gasteiger partial charge >= 0.3 is 11.9 Å². The summed E-state index contributed by atoms with van der Waals surface area (Å²) in [6, 6.07) is 6.30. The quantitative estimate of drug-likeness (QED) is 0.0997. The van der Waals surface area contributed by atoms with Crippen molar-refractivity contribution in [3.05, 3.63) is 35.4 Å². The second-order valence-corrected chi connectivity index (χ2v) is 12.3. The number of unbranched alkanes of at least 4 members (excludes halogenated alkanes) is 3. The molecule has 1 aliphatic heterocycles. The standard InChI is InChI=1S/C30H45N5O6S/c1-6-7-8-9-19-35-20(2)25(28(40)33-18-16-24(38)41-30(3,4)5)42-29(35)34-27(39)22-14-12-21(13-15-22)26(31)32-17-10-11-23(36)37/h12-15,20,25H,6-11,16-19H2,1-5H3,(H2,31,32)(H,33,40)(H,36,37). The molecule has 0 aliphatic carbocycles. The third-order valence-electron chi connectivity index (χ3n) is 6.45. The van der Waals surface area contributed by atoms with Gasteiger partial charge in [-0.1, -0.05) is 50.1 Å². The van der Waals surface area contributed by atoms with Gasteiger partial charge < -0.3 is 25.4 Å². The lowest BCUT2D eigenvalue weighted by Gasteiger charge is -2.25. The number of esters is 1. The molecule has 1 heterocycles. The number of hydrogen-bond acceptors (Lipinski definition) is 7. The Morgan fingerprint density at radius 1 is 1.00 bits per heavy atom. The SMILES string of the molecule is CCCCCCN1C(=NC(=O)c2ccc(C(=N)NCCCC(=O)O)cc2)SC(C(=O)NCCC(=O)OC(C)(C)C)C1C. The summed E-state index contributed by atoms with van der Waals surface area (Å²) in [5, 5.41) is 22.6. The van der Waals surface area contributed by atoms with Gasteiger partial charge in [-0.3, -0.25) is 24.6 Å².